The average Bonchev–Trinajstić information content (AvgIpc) is 2.87. The summed E-state index contributed by atoms with van der Waals surface area (Å²) in [7, 11) is 0. The molecule has 1 aliphatic rings. The fraction of sp³-hybridized carbons (Fsp3) is 0.333. The lowest BCUT2D eigenvalue weighted by Crippen LogP contribution is -2.12. The van der Waals surface area contributed by atoms with Gasteiger partial charge in [0, 0.05) is 11.1 Å². The van der Waals surface area contributed by atoms with Crippen LogP contribution in [0.1, 0.15) is 13.8 Å². The molecule has 1 aromatic carbocycles. The van der Waals surface area contributed by atoms with E-state index in [1.807, 2.05) is 24.4 Å². The van der Waals surface area contributed by atoms with Crippen LogP contribution >= 0.6 is 11.8 Å². The Balaban J connectivity index is 1.80. The van der Waals surface area contributed by atoms with E-state index >= 15 is 0 Å². The number of rotatable bonds is 2. The Hall–Kier alpha value is -1.55. The summed E-state index contributed by atoms with van der Waals surface area (Å²) >= 11 is 1.79. The van der Waals surface area contributed by atoms with Gasteiger partial charge in [0.1, 0.15) is 0 Å². The van der Waals surface area contributed by atoms with Crippen molar-refractivity contribution in [3.05, 3.63) is 36.5 Å². The van der Waals surface area contributed by atoms with Crippen molar-refractivity contribution in [1.82, 2.24) is 4.98 Å². The number of amidine groups is 1. The zero-order valence-electron chi connectivity index (χ0n) is 11.1. The Labute approximate surface area is 117 Å². The highest BCUT2D eigenvalue weighted by atomic mass is 32.2. The van der Waals surface area contributed by atoms with Crippen LogP contribution in [0.3, 0.4) is 0 Å². The van der Waals surface area contributed by atoms with Gasteiger partial charge in [0.05, 0.1) is 23.4 Å². The Bertz CT molecular complexity index is 622. The summed E-state index contributed by atoms with van der Waals surface area (Å²) in [4.78, 5) is 9.15. The molecule has 0 saturated heterocycles. The number of anilines is 1. The van der Waals surface area contributed by atoms with E-state index in [2.05, 4.69) is 36.3 Å². The predicted molar refractivity (Wildman–Crippen MR) is 83.9 cm³/mol. The van der Waals surface area contributed by atoms with Crippen LogP contribution in [0.4, 0.5) is 5.69 Å². The highest BCUT2D eigenvalue weighted by molar-refractivity contribution is 8.14. The molecule has 2 aromatic rings. The smallest absolute Gasteiger partial charge is 0.161 e. The molecule has 2 heterocycles. The van der Waals surface area contributed by atoms with Gasteiger partial charge in [0.2, 0.25) is 0 Å². The molecule has 4 heteroatoms. The minimum Gasteiger partial charge on any atom is -0.334 e. The quantitative estimate of drug-likeness (QED) is 0.903. The summed E-state index contributed by atoms with van der Waals surface area (Å²) in [6.07, 6.45) is 1.87. The maximum atomic E-state index is 4.70. The second-order valence-electron chi connectivity index (χ2n) is 5.10. The van der Waals surface area contributed by atoms with Gasteiger partial charge in [0.25, 0.3) is 0 Å². The minimum atomic E-state index is 0.431. The van der Waals surface area contributed by atoms with Gasteiger partial charge in [-0.1, -0.05) is 43.8 Å². The third-order valence-corrected chi connectivity index (χ3v) is 4.27. The van der Waals surface area contributed by atoms with Crippen molar-refractivity contribution in [2.24, 2.45) is 10.9 Å². The number of benzene rings is 1. The number of aromatic nitrogens is 1. The molecule has 0 fully saturated rings. The molecule has 0 unspecified atom stereocenters. The first-order chi connectivity index (χ1) is 9.22. The molecular weight excluding hydrogens is 254 g/mol. The molecule has 98 valence electrons. The lowest BCUT2D eigenvalue weighted by molar-refractivity contribution is 0.543. The third kappa shape index (κ3) is 2.73. The van der Waals surface area contributed by atoms with Crippen molar-refractivity contribution in [2.75, 3.05) is 11.1 Å². The summed E-state index contributed by atoms with van der Waals surface area (Å²) in [6.45, 7) is 4.44. The summed E-state index contributed by atoms with van der Waals surface area (Å²) < 4.78 is 0. The van der Waals surface area contributed by atoms with Crippen molar-refractivity contribution < 1.29 is 0 Å². The Morgan fingerprint density at radius 2 is 2.16 bits per heavy atom. The monoisotopic (exact) mass is 271 g/mol. The Morgan fingerprint density at radius 3 is 2.95 bits per heavy atom. The van der Waals surface area contributed by atoms with E-state index in [9.17, 15) is 0 Å². The van der Waals surface area contributed by atoms with E-state index in [1.54, 1.807) is 11.8 Å². The first kappa shape index (κ1) is 12.5. The Kier molecular flexibility index (Phi) is 3.42. The predicted octanol–water partition coefficient (Wildman–Crippen LogP) is 3.77. The normalized spacial score (nSPS) is 18.9. The van der Waals surface area contributed by atoms with Gasteiger partial charge in [-0.15, -0.1) is 0 Å². The van der Waals surface area contributed by atoms with E-state index in [4.69, 9.17) is 4.99 Å². The van der Waals surface area contributed by atoms with Gasteiger partial charge in [-0.2, -0.15) is 0 Å². The van der Waals surface area contributed by atoms with Gasteiger partial charge < -0.3 is 5.32 Å². The number of hydrogen-bond donors (Lipinski definition) is 1. The van der Waals surface area contributed by atoms with Crippen molar-refractivity contribution in [1.29, 1.82) is 0 Å². The molecule has 1 N–H and O–H groups in total. The van der Waals surface area contributed by atoms with Gasteiger partial charge in [-0.3, -0.25) is 9.98 Å². The molecule has 3 rings (SSSR count). The molecular formula is C15H17N3S. The summed E-state index contributed by atoms with van der Waals surface area (Å²) in [5.74, 6) is 1.67. The van der Waals surface area contributed by atoms with Crippen molar-refractivity contribution in [3.8, 4) is 0 Å². The molecule has 0 aliphatic carbocycles. The maximum Gasteiger partial charge on any atom is 0.161 e. The summed E-state index contributed by atoms with van der Waals surface area (Å²) in [6, 6.07) is 10.7. The fourth-order valence-electron chi connectivity index (χ4n) is 2.06. The SMILES string of the molecule is CC(C)[C@H]1CSC(Nc2cnc3ccccc3c2)=N1. The lowest BCUT2D eigenvalue weighted by Gasteiger charge is -2.08. The molecule has 1 aromatic heterocycles. The average molecular weight is 271 g/mol. The molecule has 0 spiro atoms. The van der Waals surface area contributed by atoms with Gasteiger partial charge >= 0.3 is 0 Å². The first-order valence-electron chi connectivity index (χ1n) is 6.55. The van der Waals surface area contributed by atoms with E-state index in [0.717, 1.165) is 27.5 Å². The number of thioether (sulfide) groups is 1. The van der Waals surface area contributed by atoms with Crippen molar-refractivity contribution >= 4 is 33.5 Å². The van der Waals surface area contributed by atoms with Crippen LogP contribution in [-0.4, -0.2) is 21.9 Å². The van der Waals surface area contributed by atoms with Crippen LogP contribution in [0.15, 0.2) is 41.5 Å². The van der Waals surface area contributed by atoms with Crippen LogP contribution < -0.4 is 5.32 Å². The molecule has 0 bridgehead atoms. The van der Waals surface area contributed by atoms with Crippen LogP contribution in [-0.2, 0) is 0 Å². The highest BCUT2D eigenvalue weighted by Gasteiger charge is 2.21. The van der Waals surface area contributed by atoms with Crippen LogP contribution in [0, 0.1) is 5.92 Å². The molecule has 0 saturated carbocycles. The van der Waals surface area contributed by atoms with Crippen LogP contribution in [0.2, 0.25) is 0 Å². The minimum absolute atomic E-state index is 0.431. The van der Waals surface area contributed by atoms with E-state index in [0.29, 0.717) is 12.0 Å². The van der Waals surface area contributed by atoms with Gasteiger partial charge in [0.15, 0.2) is 5.17 Å². The van der Waals surface area contributed by atoms with Crippen LogP contribution in [0.5, 0.6) is 0 Å². The zero-order chi connectivity index (χ0) is 13.2. The second kappa shape index (κ2) is 5.21. The van der Waals surface area contributed by atoms with E-state index in [1.165, 1.54) is 0 Å². The molecule has 1 aliphatic heterocycles. The number of pyridine rings is 1. The molecule has 1 atom stereocenters. The number of nitrogens with one attached hydrogen (secondary N) is 1. The standard InChI is InChI=1S/C15H17N3S/c1-10(2)14-9-19-15(18-14)17-12-7-11-5-3-4-6-13(11)16-8-12/h3-8,10,14H,9H2,1-2H3,(H,17,18)/t14-/m1/s1. The number of hydrogen-bond acceptors (Lipinski definition) is 4. The maximum absolute atomic E-state index is 4.70. The summed E-state index contributed by atoms with van der Waals surface area (Å²) in [5, 5.41) is 5.53. The lowest BCUT2D eigenvalue weighted by atomic mass is 10.1. The second-order valence-corrected chi connectivity index (χ2v) is 6.11. The fourth-order valence-corrected chi connectivity index (χ4v) is 3.25. The number of fused-ring (bicyclic) bond motifs is 1. The van der Waals surface area contributed by atoms with E-state index in [-0.39, 0.29) is 0 Å². The van der Waals surface area contributed by atoms with E-state index < -0.39 is 0 Å². The van der Waals surface area contributed by atoms with Gasteiger partial charge in [-0.25, -0.2) is 0 Å². The topological polar surface area (TPSA) is 37.3 Å². The number of nitrogens with zero attached hydrogens (tertiary/aromatic N) is 2. The number of aliphatic imine (C=N–C) groups is 1. The first-order valence-corrected chi connectivity index (χ1v) is 7.53. The summed E-state index contributed by atoms with van der Waals surface area (Å²) in [5.41, 5.74) is 2.03. The van der Waals surface area contributed by atoms with Gasteiger partial charge in [-0.05, 0) is 18.1 Å². The zero-order valence-corrected chi connectivity index (χ0v) is 11.9. The molecule has 3 nitrogen and oxygen atoms in total. The van der Waals surface area contributed by atoms with Crippen molar-refractivity contribution in [3.63, 3.8) is 0 Å². The highest BCUT2D eigenvalue weighted by Crippen LogP contribution is 2.25. The molecule has 19 heavy (non-hydrogen) atoms. The third-order valence-electron chi connectivity index (χ3n) is 3.29. The van der Waals surface area contributed by atoms with Crippen molar-refractivity contribution in [2.45, 2.75) is 19.9 Å². The largest absolute Gasteiger partial charge is 0.334 e. The molecule has 0 amide bonds. The number of para-hydroxylation sites is 1. The Morgan fingerprint density at radius 1 is 1.32 bits per heavy atom. The molecule has 0 radical (unpaired) electrons. The van der Waals surface area contributed by atoms with Crippen LogP contribution in [0.25, 0.3) is 10.9 Å².